The molecular formula is C32H34F2N4O4. The quantitative estimate of drug-likeness (QED) is 0.292. The van der Waals surface area contributed by atoms with Gasteiger partial charge in [-0.05, 0) is 82.9 Å². The highest BCUT2D eigenvalue weighted by Gasteiger charge is 2.34. The summed E-state index contributed by atoms with van der Waals surface area (Å²) in [5.74, 6) is -1.53. The van der Waals surface area contributed by atoms with E-state index in [-0.39, 0.29) is 36.5 Å². The minimum absolute atomic E-state index is 0.197. The summed E-state index contributed by atoms with van der Waals surface area (Å²) in [6.45, 7) is 8.85. The van der Waals surface area contributed by atoms with Crippen LogP contribution in [-0.4, -0.2) is 39.8 Å². The van der Waals surface area contributed by atoms with Crippen molar-refractivity contribution in [1.29, 1.82) is 0 Å². The van der Waals surface area contributed by atoms with Gasteiger partial charge in [0.1, 0.15) is 23.8 Å². The number of hydrogen-bond acceptors (Lipinski definition) is 5. The predicted octanol–water partition coefficient (Wildman–Crippen LogP) is 6.29. The molecule has 4 aromatic rings. The smallest absolute Gasteiger partial charge is 0.415 e. The van der Waals surface area contributed by atoms with E-state index in [1.165, 1.54) is 22.7 Å². The third kappa shape index (κ3) is 5.93. The lowest BCUT2D eigenvalue weighted by Gasteiger charge is -2.38. The number of pyridine rings is 1. The number of rotatable bonds is 6. The fourth-order valence-electron chi connectivity index (χ4n) is 5.22. The second-order valence-corrected chi connectivity index (χ2v) is 11.5. The first-order chi connectivity index (χ1) is 19.9. The van der Waals surface area contributed by atoms with Crippen LogP contribution >= 0.6 is 0 Å². The van der Waals surface area contributed by atoms with E-state index in [1.807, 2.05) is 52.0 Å². The van der Waals surface area contributed by atoms with E-state index in [1.54, 1.807) is 24.0 Å². The largest absolute Gasteiger partial charge is 0.473 e. The molecule has 2 aromatic heterocycles. The van der Waals surface area contributed by atoms with Crippen LogP contribution in [0.4, 0.5) is 19.3 Å². The van der Waals surface area contributed by atoms with Gasteiger partial charge in [0.15, 0.2) is 0 Å². The number of hydrogen-bond donors (Lipinski definition) is 1. The normalized spacial score (nSPS) is 14.9. The van der Waals surface area contributed by atoms with Crippen LogP contribution in [-0.2, 0) is 17.8 Å². The van der Waals surface area contributed by atoms with E-state index in [9.17, 15) is 18.4 Å². The zero-order valence-electron chi connectivity index (χ0n) is 24.3. The third-order valence-electron chi connectivity index (χ3n) is 7.13. The highest BCUT2D eigenvalue weighted by Crippen LogP contribution is 2.32. The number of aromatic nitrogens is 2. The molecule has 1 aliphatic heterocycles. The predicted molar refractivity (Wildman–Crippen MR) is 155 cm³/mol. The molecule has 1 atom stereocenters. The Balaban J connectivity index is 1.38. The number of nitrogens with zero attached hydrogens (tertiary/aromatic N) is 3. The lowest BCUT2D eigenvalue weighted by Crippen LogP contribution is -2.51. The number of benzene rings is 2. The molecule has 8 nitrogen and oxygen atoms in total. The van der Waals surface area contributed by atoms with Crippen LogP contribution in [0.25, 0.3) is 5.52 Å². The van der Waals surface area contributed by atoms with Gasteiger partial charge in [-0.25, -0.2) is 13.6 Å². The first-order valence-corrected chi connectivity index (χ1v) is 13.9. The number of halogens is 2. The summed E-state index contributed by atoms with van der Waals surface area (Å²) in [6, 6.07) is 14.5. The summed E-state index contributed by atoms with van der Waals surface area (Å²) in [4.78, 5) is 28.5. The van der Waals surface area contributed by atoms with E-state index in [0.29, 0.717) is 23.2 Å². The maximum Gasteiger partial charge on any atom is 0.415 e. The van der Waals surface area contributed by atoms with E-state index >= 15 is 0 Å². The molecule has 0 aliphatic carbocycles. The van der Waals surface area contributed by atoms with Gasteiger partial charge in [0.25, 0.3) is 5.91 Å². The van der Waals surface area contributed by atoms with Crippen molar-refractivity contribution in [1.82, 2.24) is 14.9 Å². The minimum atomic E-state index is -0.707. The minimum Gasteiger partial charge on any atom is -0.473 e. The Kier molecular flexibility index (Phi) is 7.90. The Morgan fingerprint density at radius 2 is 1.76 bits per heavy atom. The van der Waals surface area contributed by atoms with Gasteiger partial charge in [-0.15, -0.1) is 0 Å². The molecule has 5 rings (SSSR count). The molecule has 2 aromatic carbocycles. The van der Waals surface area contributed by atoms with Gasteiger partial charge in [0.2, 0.25) is 5.88 Å². The van der Waals surface area contributed by atoms with Crippen LogP contribution in [0, 0.1) is 25.5 Å². The van der Waals surface area contributed by atoms with Crippen molar-refractivity contribution in [3.63, 3.8) is 0 Å². The second-order valence-electron chi connectivity index (χ2n) is 11.5. The molecule has 42 heavy (non-hydrogen) atoms. The van der Waals surface area contributed by atoms with Crippen molar-refractivity contribution in [3.8, 4) is 5.88 Å². The fourth-order valence-corrected chi connectivity index (χ4v) is 5.22. The molecule has 0 bridgehead atoms. The first-order valence-electron chi connectivity index (χ1n) is 13.9. The highest BCUT2D eigenvalue weighted by atomic mass is 19.1. The number of anilines is 1. The average molecular weight is 577 g/mol. The number of para-hydroxylation sites is 1. The molecule has 1 N–H and O–H groups in total. The van der Waals surface area contributed by atoms with Gasteiger partial charge in [-0.2, -0.15) is 9.61 Å². The lowest BCUT2D eigenvalue weighted by molar-refractivity contribution is 0.0558. The summed E-state index contributed by atoms with van der Waals surface area (Å²) < 4.78 is 41.3. The number of aryl methyl sites for hydroxylation is 3. The lowest BCUT2D eigenvalue weighted by atomic mass is 9.96. The van der Waals surface area contributed by atoms with Crippen molar-refractivity contribution < 1.29 is 27.8 Å². The van der Waals surface area contributed by atoms with Crippen LogP contribution in [0.1, 0.15) is 59.9 Å². The standard InChI is InChI=1S/C32H34F2N4O4/c1-19-15-27-29(20(2)36-38(27)28(16-19)41-18-23-24(33)10-8-11-25(23)34)30(39)35-17-22-14-13-21-9-6-7-12-26(21)37(22)31(40)42-32(3,4)5/h6-12,15-16,22H,13-14,17-18H2,1-5H3,(H,35,39). The van der Waals surface area contributed by atoms with E-state index in [2.05, 4.69) is 10.4 Å². The number of carbonyl (C=O) groups excluding carboxylic acids is 2. The van der Waals surface area contributed by atoms with Gasteiger partial charge in [0.05, 0.1) is 34.1 Å². The molecule has 1 aliphatic rings. The van der Waals surface area contributed by atoms with Crippen LogP contribution in [0.3, 0.4) is 0 Å². The number of fused-ring (bicyclic) bond motifs is 2. The van der Waals surface area contributed by atoms with Crippen LogP contribution < -0.4 is 15.0 Å². The molecule has 0 radical (unpaired) electrons. The van der Waals surface area contributed by atoms with E-state index in [4.69, 9.17) is 9.47 Å². The molecule has 0 spiro atoms. The molecule has 220 valence electrons. The number of carbonyl (C=O) groups is 2. The van der Waals surface area contributed by atoms with Crippen LogP contribution in [0.15, 0.2) is 54.6 Å². The zero-order valence-corrected chi connectivity index (χ0v) is 24.3. The maximum absolute atomic E-state index is 14.2. The zero-order chi connectivity index (χ0) is 30.2. The Morgan fingerprint density at radius 1 is 1.05 bits per heavy atom. The second kappa shape index (κ2) is 11.4. The summed E-state index contributed by atoms with van der Waals surface area (Å²) in [7, 11) is 0. The highest BCUT2D eigenvalue weighted by molar-refractivity contribution is 6.02. The SMILES string of the molecule is Cc1cc(OCc2c(F)cccc2F)n2nc(C)c(C(=O)NCC3CCc4ccccc4N3C(=O)OC(C)(C)C)c2c1. The molecule has 0 saturated heterocycles. The molecule has 0 saturated carbocycles. The van der Waals surface area contributed by atoms with Gasteiger partial charge in [-0.3, -0.25) is 9.69 Å². The molecule has 10 heteroatoms. The Morgan fingerprint density at radius 3 is 2.48 bits per heavy atom. The summed E-state index contributed by atoms with van der Waals surface area (Å²) in [5.41, 5.74) is 3.01. The van der Waals surface area contributed by atoms with Crippen molar-refractivity contribution in [3.05, 3.63) is 94.2 Å². The van der Waals surface area contributed by atoms with Crippen molar-refractivity contribution in [2.75, 3.05) is 11.4 Å². The monoisotopic (exact) mass is 576 g/mol. The topological polar surface area (TPSA) is 85.2 Å². The first kappa shape index (κ1) is 29.0. The van der Waals surface area contributed by atoms with Crippen molar-refractivity contribution in [2.45, 2.75) is 65.7 Å². The number of nitrogens with one attached hydrogen (secondary N) is 1. The third-order valence-corrected chi connectivity index (χ3v) is 7.13. The van der Waals surface area contributed by atoms with Crippen molar-refractivity contribution >= 4 is 23.2 Å². The van der Waals surface area contributed by atoms with Crippen LogP contribution in [0.5, 0.6) is 5.88 Å². The van der Waals surface area contributed by atoms with Gasteiger partial charge < -0.3 is 14.8 Å². The molecule has 1 unspecified atom stereocenters. The molecule has 2 amide bonds. The maximum atomic E-state index is 14.2. The Hall–Kier alpha value is -4.47. The molecule has 3 heterocycles. The Bertz CT molecular complexity index is 1640. The fraction of sp³-hybridized carbons (Fsp3) is 0.344. The van der Waals surface area contributed by atoms with E-state index in [0.717, 1.165) is 23.2 Å². The number of amides is 2. The molecule has 0 fully saturated rings. The summed E-state index contributed by atoms with van der Waals surface area (Å²) in [6.07, 6.45) is 0.937. The summed E-state index contributed by atoms with van der Waals surface area (Å²) >= 11 is 0. The average Bonchev–Trinajstić information content (AvgIpc) is 3.25. The number of ether oxygens (including phenoxy) is 2. The Labute approximate surface area is 243 Å². The molecular weight excluding hydrogens is 542 g/mol. The van der Waals surface area contributed by atoms with Crippen molar-refractivity contribution in [2.24, 2.45) is 0 Å². The van der Waals surface area contributed by atoms with Gasteiger partial charge >= 0.3 is 6.09 Å². The van der Waals surface area contributed by atoms with Crippen LogP contribution in [0.2, 0.25) is 0 Å². The van der Waals surface area contributed by atoms with Gasteiger partial charge in [0, 0.05) is 12.6 Å². The summed E-state index contributed by atoms with van der Waals surface area (Å²) in [5, 5.41) is 7.50. The van der Waals surface area contributed by atoms with E-state index < -0.39 is 23.3 Å². The van der Waals surface area contributed by atoms with Gasteiger partial charge in [-0.1, -0.05) is 24.3 Å².